The molecule has 2 aromatic heterocycles. The number of rotatable bonds is 8. The number of hydrogen-bond acceptors (Lipinski definition) is 10. The molecule has 5 N–H and O–H groups in total. The van der Waals surface area contributed by atoms with Gasteiger partial charge in [0.2, 0.25) is 0 Å². The Balaban J connectivity index is 0.000000505. The number of fused-ring (bicyclic) bond motifs is 1. The molecule has 2 unspecified atom stereocenters. The first-order chi connectivity index (χ1) is 17.9. The highest BCUT2D eigenvalue weighted by molar-refractivity contribution is 6.31. The number of nitrogen functional groups attached to an aromatic ring is 1. The molecule has 0 spiro atoms. The van der Waals surface area contributed by atoms with Gasteiger partial charge in [-0.05, 0) is 40.7 Å². The first-order valence-corrected chi connectivity index (χ1v) is 12.6. The van der Waals surface area contributed by atoms with Crippen molar-refractivity contribution in [2.75, 3.05) is 32.0 Å². The Bertz CT molecular complexity index is 1280. The number of anilines is 1. The standard InChI is InChI=1S/C20H24ClFN6O3.C5H10O2/c1-3-31-18-11(4-12(21)16(22)14(18)10-5-24-6-10)9(2)28-20-15(19(23)25-8-26-20)17(27-28)13(30)7-29;1-5(2,3)7-4-6/h4,8-10,13,24,29-30H,3,5-7H2,1-2H3,(H2,23,25,26);4H,1-3H3. The zero-order chi connectivity index (χ0) is 28.2. The molecular formula is C25H34ClFN6O5. The number of aromatic nitrogens is 4. The van der Waals surface area contributed by atoms with Crippen molar-refractivity contribution in [2.24, 2.45) is 0 Å². The molecule has 4 rings (SSSR count). The molecule has 0 radical (unpaired) electrons. The fourth-order valence-electron chi connectivity index (χ4n) is 4.01. The number of ether oxygens (including phenoxy) is 2. The number of hydrogen-bond donors (Lipinski definition) is 4. The van der Waals surface area contributed by atoms with E-state index in [2.05, 4.69) is 25.1 Å². The molecule has 1 fully saturated rings. The van der Waals surface area contributed by atoms with Gasteiger partial charge in [0.15, 0.2) is 5.65 Å². The number of carbonyl (C=O) groups excluding carboxylic acids is 1. The molecule has 1 saturated heterocycles. The van der Waals surface area contributed by atoms with Crippen molar-refractivity contribution in [3.05, 3.63) is 40.1 Å². The van der Waals surface area contributed by atoms with Crippen LogP contribution >= 0.6 is 11.6 Å². The molecule has 0 bridgehead atoms. The molecule has 2 atom stereocenters. The van der Waals surface area contributed by atoms with Gasteiger partial charge in [0.1, 0.15) is 41.1 Å². The molecule has 13 heteroatoms. The summed E-state index contributed by atoms with van der Waals surface area (Å²) in [7, 11) is 0. The van der Waals surface area contributed by atoms with Crippen LogP contribution in [-0.4, -0.2) is 68.3 Å². The van der Waals surface area contributed by atoms with E-state index in [1.807, 2.05) is 34.6 Å². The van der Waals surface area contributed by atoms with Crippen molar-refractivity contribution in [1.29, 1.82) is 0 Å². The Morgan fingerprint density at radius 3 is 2.55 bits per heavy atom. The van der Waals surface area contributed by atoms with Crippen LogP contribution in [0.1, 0.15) is 69.5 Å². The summed E-state index contributed by atoms with van der Waals surface area (Å²) in [5.41, 5.74) is 7.30. The van der Waals surface area contributed by atoms with E-state index in [0.717, 1.165) is 0 Å². The molecular weight excluding hydrogens is 519 g/mol. The lowest BCUT2D eigenvalue weighted by atomic mass is 9.89. The number of halogens is 2. The van der Waals surface area contributed by atoms with Gasteiger partial charge in [-0.1, -0.05) is 11.6 Å². The van der Waals surface area contributed by atoms with Gasteiger partial charge in [-0.15, -0.1) is 0 Å². The highest BCUT2D eigenvalue weighted by atomic mass is 35.5. The zero-order valence-corrected chi connectivity index (χ0v) is 22.8. The Kier molecular flexibility index (Phi) is 9.47. The van der Waals surface area contributed by atoms with Crippen LogP contribution in [0.4, 0.5) is 10.2 Å². The molecule has 1 aliphatic heterocycles. The molecule has 0 amide bonds. The second kappa shape index (κ2) is 12.2. The minimum absolute atomic E-state index is 0.00609. The number of nitrogens with one attached hydrogen (secondary N) is 1. The van der Waals surface area contributed by atoms with Crippen molar-refractivity contribution >= 4 is 34.9 Å². The quantitative estimate of drug-likeness (QED) is 0.306. The number of aliphatic hydroxyl groups is 2. The van der Waals surface area contributed by atoms with E-state index in [1.54, 1.807) is 4.68 Å². The highest BCUT2D eigenvalue weighted by Crippen LogP contribution is 2.42. The predicted molar refractivity (Wildman–Crippen MR) is 141 cm³/mol. The second-order valence-corrected chi connectivity index (χ2v) is 10.2. The van der Waals surface area contributed by atoms with Gasteiger partial charge in [-0.3, -0.25) is 4.79 Å². The van der Waals surface area contributed by atoms with Crippen LogP contribution in [-0.2, 0) is 9.53 Å². The molecule has 1 aliphatic rings. The summed E-state index contributed by atoms with van der Waals surface area (Å²) in [6.45, 7) is 10.7. The minimum Gasteiger partial charge on any atom is -0.493 e. The lowest BCUT2D eigenvalue weighted by Gasteiger charge is -2.31. The number of aliphatic hydroxyl groups excluding tert-OH is 2. The van der Waals surface area contributed by atoms with Crippen molar-refractivity contribution in [1.82, 2.24) is 25.1 Å². The van der Waals surface area contributed by atoms with Gasteiger partial charge in [0.05, 0.1) is 29.7 Å². The van der Waals surface area contributed by atoms with E-state index in [9.17, 15) is 15.0 Å². The van der Waals surface area contributed by atoms with E-state index >= 15 is 4.39 Å². The summed E-state index contributed by atoms with van der Waals surface area (Å²) < 4.78 is 27.0. The number of nitrogens with zero attached hydrogens (tertiary/aromatic N) is 4. The van der Waals surface area contributed by atoms with Crippen LogP contribution in [0.2, 0.25) is 5.02 Å². The van der Waals surface area contributed by atoms with Crippen LogP contribution in [0.3, 0.4) is 0 Å². The average Bonchev–Trinajstić information content (AvgIpc) is 3.22. The maximum absolute atomic E-state index is 15.0. The third-order valence-corrected chi connectivity index (χ3v) is 6.24. The Morgan fingerprint density at radius 2 is 2.05 bits per heavy atom. The van der Waals surface area contributed by atoms with Crippen molar-refractivity contribution in [3.8, 4) is 5.75 Å². The topological polar surface area (TPSA) is 158 Å². The predicted octanol–water partition coefficient (Wildman–Crippen LogP) is 2.88. The van der Waals surface area contributed by atoms with Gasteiger partial charge < -0.3 is 30.7 Å². The van der Waals surface area contributed by atoms with Crippen LogP contribution in [0.25, 0.3) is 11.0 Å². The van der Waals surface area contributed by atoms with E-state index in [-0.39, 0.29) is 28.1 Å². The van der Waals surface area contributed by atoms with Crippen molar-refractivity contribution in [2.45, 2.75) is 58.3 Å². The van der Waals surface area contributed by atoms with Gasteiger partial charge in [-0.25, -0.2) is 19.0 Å². The molecule has 0 aliphatic carbocycles. The van der Waals surface area contributed by atoms with Crippen LogP contribution in [0.15, 0.2) is 12.4 Å². The molecule has 3 heterocycles. The lowest BCUT2D eigenvalue weighted by molar-refractivity contribution is -0.138. The van der Waals surface area contributed by atoms with Crippen molar-refractivity contribution in [3.63, 3.8) is 0 Å². The summed E-state index contributed by atoms with van der Waals surface area (Å²) in [5, 5.41) is 27.7. The highest BCUT2D eigenvalue weighted by Gasteiger charge is 2.32. The van der Waals surface area contributed by atoms with Crippen LogP contribution in [0.5, 0.6) is 5.75 Å². The smallest absolute Gasteiger partial charge is 0.293 e. The van der Waals surface area contributed by atoms with Gasteiger partial charge in [-0.2, -0.15) is 5.10 Å². The third-order valence-electron chi connectivity index (χ3n) is 5.97. The monoisotopic (exact) mass is 552 g/mol. The molecule has 1 aromatic carbocycles. The molecule has 3 aromatic rings. The summed E-state index contributed by atoms with van der Waals surface area (Å²) in [6.07, 6.45) is 0.0357. The molecule has 0 saturated carbocycles. The van der Waals surface area contributed by atoms with Gasteiger partial charge >= 0.3 is 0 Å². The lowest BCUT2D eigenvalue weighted by Crippen LogP contribution is -2.40. The Labute approximate surface area is 225 Å². The Hall–Kier alpha value is -3.06. The fraction of sp³-hybridized carbons (Fsp3) is 0.520. The maximum Gasteiger partial charge on any atom is 0.293 e. The first kappa shape index (κ1) is 29.5. The summed E-state index contributed by atoms with van der Waals surface area (Å²) >= 11 is 6.27. The van der Waals surface area contributed by atoms with Crippen molar-refractivity contribution < 1.29 is 28.9 Å². The third kappa shape index (κ3) is 6.15. The van der Waals surface area contributed by atoms with E-state index in [1.165, 1.54) is 12.4 Å². The molecule has 11 nitrogen and oxygen atoms in total. The first-order valence-electron chi connectivity index (χ1n) is 12.2. The SMILES string of the molecule is CC(C)(C)OC=O.CCOc1c(C(C)n2nc(C(O)CO)c3c(N)ncnc32)cc(Cl)c(F)c1C1CNC1. The van der Waals surface area contributed by atoms with Crippen LogP contribution < -0.4 is 15.8 Å². The van der Waals surface area contributed by atoms with Crippen LogP contribution in [0, 0.1) is 5.82 Å². The maximum atomic E-state index is 15.0. The largest absolute Gasteiger partial charge is 0.493 e. The number of nitrogens with two attached hydrogens (primary N) is 1. The Morgan fingerprint density at radius 1 is 1.37 bits per heavy atom. The minimum atomic E-state index is -1.26. The van der Waals surface area contributed by atoms with E-state index in [4.69, 9.17) is 22.1 Å². The molecule has 208 valence electrons. The zero-order valence-electron chi connectivity index (χ0n) is 22.0. The second-order valence-electron chi connectivity index (χ2n) is 9.78. The van der Waals surface area contributed by atoms with Gasteiger partial charge in [0.25, 0.3) is 6.47 Å². The summed E-state index contributed by atoms with van der Waals surface area (Å²) in [6, 6.07) is 1.03. The van der Waals surface area contributed by atoms with E-state index < -0.39 is 24.6 Å². The fourth-order valence-corrected chi connectivity index (χ4v) is 4.23. The normalized spacial score (nSPS) is 15.3. The average molecular weight is 553 g/mol. The number of benzene rings is 1. The molecule has 38 heavy (non-hydrogen) atoms. The summed E-state index contributed by atoms with van der Waals surface area (Å²) in [5.74, 6) is 0.0267. The summed E-state index contributed by atoms with van der Waals surface area (Å²) in [4.78, 5) is 17.9. The van der Waals surface area contributed by atoms with Gasteiger partial charge in [0, 0.05) is 30.1 Å². The number of carbonyl (C=O) groups is 1. The van der Waals surface area contributed by atoms with E-state index in [0.29, 0.717) is 54.1 Å².